The van der Waals surface area contributed by atoms with Crippen LogP contribution in [0.5, 0.6) is 0 Å². The van der Waals surface area contributed by atoms with Crippen molar-refractivity contribution in [3.63, 3.8) is 0 Å². The number of anilines is 1. The van der Waals surface area contributed by atoms with E-state index in [9.17, 15) is 9.90 Å². The molecule has 8 nitrogen and oxygen atoms in total. The van der Waals surface area contributed by atoms with E-state index in [1.54, 1.807) is 19.9 Å². The molecule has 0 spiro atoms. The summed E-state index contributed by atoms with van der Waals surface area (Å²) < 4.78 is 6.18. The molecule has 0 aliphatic rings. The number of aliphatic hydroxyl groups is 1. The zero-order chi connectivity index (χ0) is 13.1. The minimum Gasteiger partial charge on any atom is -0.387 e. The largest absolute Gasteiger partial charge is 0.387 e. The molecule has 2 N–H and O–H groups in total. The van der Waals surface area contributed by atoms with Gasteiger partial charge in [0.05, 0.1) is 18.0 Å². The first-order valence-corrected chi connectivity index (χ1v) is 5.36. The molecule has 2 heterocycles. The molecule has 0 radical (unpaired) electrons. The van der Waals surface area contributed by atoms with Crippen molar-refractivity contribution in [3.8, 4) is 0 Å². The van der Waals surface area contributed by atoms with Gasteiger partial charge in [-0.3, -0.25) is 10.1 Å². The van der Waals surface area contributed by atoms with Crippen LogP contribution in [0.3, 0.4) is 0 Å². The van der Waals surface area contributed by atoms with Gasteiger partial charge in [-0.15, -0.1) is 5.10 Å². The summed E-state index contributed by atoms with van der Waals surface area (Å²) in [4.78, 5) is 11.6. The van der Waals surface area contributed by atoms with Crippen LogP contribution in [-0.4, -0.2) is 31.2 Å². The van der Waals surface area contributed by atoms with Gasteiger partial charge >= 0.3 is 0 Å². The molecule has 18 heavy (non-hydrogen) atoms. The highest BCUT2D eigenvalue weighted by molar-refractivity contribution is 5.89. The van der Waals surface area contributed by atoms with Crippen LogP contribution in [0.15, 0.2) is 16.8 Å². The van der Waals surface area contributed by atoms with E-state index in [2.05, 4.69) is 20.8 Å². The van der Waals surface area contributed by atoms with Crippen LogP contribution >= 0.6 is 0 Å². The lowest BCUT2D eigenvalue weighted by Crippen LogP contribution is -2.18. The van der Waals surface area contributed by atoms with Crippen LogP contribution in [-0.2, 0) is 11.3 Å². The predicted octanol–water partition coefficient (Wildman–Crippen LogP) is 0.267. The van der Waals surface area contributed by atoms with Crippen molar-refractivity contribution < 1.29 is 14.4 Å². The summed E-state index contributed by atoms with van der Waals surface area (Å²) in [6.07, 6.45) is 0.800. The maximum atomic E-state index is 11.6. The minimum absolute atomic E-state index is 0.0144. The van der Waals surface area contributed by atoms with Gasteiger partial charge in [0.15, 0.2) is 0 Å². The van der Waals surface area contributed by atoms with Crippen molar-refractivity contribution in [2.24, 2.45) is 0 Å². The summed E-state index contributed by atoms with van der Waals surface area (Å²) in [6, 6.07) is 1.61. The molecule has 1 amide bonds. The number of carbonyl (C=O) groups excluding carboxylic acids is 1. The fraction of sp³-hybridized carbons (Fsp3) is 0.400. The molecule has 1 unspecified atom stereocenters. The lowest BCUT2D eigenvalue weighted by molar-refractivity contribution is -0.117. The summed E-state index contributed by atoms with van der Waals surface area (Å²) in [6.45, 7) is 3.32. The summed E-state index contributed by atoms with van der Waals surface area (Å²) in [5.74, 6) is -0.0263. The molecule has 0 saturated carbocycles. The molecular formula is C10H13N5O3. The molecule has 0 bridgehead atoms. The number of aryl methyl sites for hydroxylation is 1. The number of nitrogens with zero attached hydrogens (tertiary/aromatic N) is 4. The van der Waals surface area contributed by atoms with Crippen LogP contribution in [0.2, 0.25) is 0 Å². The zero-order valence-electron chi connectivity index (χ0n) is 9.99. The van der Waals surface area contributed by atoms with E-state index in [4.69, 9.17) is 4.52 Å². The van der Waals surface area contributed by atoms with Gasteiger partial charge in [-0.05, 0) is 13.8 Å². The lowest BCUT2D eigenvalue weighted by Gasteiger charge is -2.00. The van der Waals surface area contributed by atoms with E-state index in [-0.39, 0.29) is 18.3 Å². The number of aliphatic hydroxyl groups excluding tert-OH is 1. The molecule has 2 aromatic rings. The topological polar surface area (TPSA) is 106 Å². The Kier molecular flexibility index (Phi) is 3.38. The quantitative estimate of drug-likeness (QED) is 0.807. The van der Waals surface area contributed by atoms with Gasteiger partial charge < -0.3 is 9.63 Å². The number of aromatic nitrogens is 4. The molecular weight excluding hydrogens is 238 g/mol. The van der Waals surface area contributed by atoms with Crippen molar-refractivity contribution in [1.82, 2.24) is 20.2 Å². The highest BCUT2D eigenvalue weighted by Gasteiger charge is 2.10. The van der Waals surface area contributed by atoms with Gasteiger partial charge in [-0.2, -0.15) is 0 Å². The number of nitrogens with one attached hydrogen (secondary N) is 1. The van der Waals surface area contributed by atoms with Crippen LogP contribution in [0.4, 0.5) is 5.88 Å². The lowest BCUT2D eigenvalue weighted by atomic mass is 10.3. The van der Waals surface area contributed by atoms with Gasteiger partial charge in [0.2, 0.25) is 11.8 Å². The molecule has 0 aliphatic heterocycles. The Morgan fingerprint density at radius 1 is 1.67 bits per heavy atom. The third-order valence-corrected chi connectivity index (χ3v) is 2.18. The molecule has 8 heteroatoms. The molecule has 0 aliphatic carbocycles. The second-order valence-corrected chi connectivity index (χ2v) is 3.90. The van der Waals surface area contributed by atoms with Gasteiger partial charge in [0.1, 0.15) is 12.2 Å². The van der Waals surface area contributed by atoms with E-state index < -0.39 is 6.10 Å². The van der Waals surface area contributed by atoms with Crippen molar-refractivity contribution in [3.05, 3.63) is 23.7 Å². The standard InChI is InChI=1S/C10H13N5O3/c1-6-3-10(18-13-6)11-9(17)5-15-4-8(7(2)16)12-14-15/h3-4,7,16H,5H2,1-2H3,(H,11,17). The van der Waals surface area contributed by atoms with Crippen LogP contribution < -0.4 is 5.32 Å². The highest BCUT2D eigenvalue weighted by Crippen LogP contribution is 2.09. The molecule has 96 valence electrons. The monoisotopic (exact) mass is 251 g/mol. The fourth-order valence-electron chi connectivity index (χ4n) is 1.33. The van der Waals surface area contributed by atoms with Crippen molar-refractivity contribution in [1.29, 1.82) is 0 Å². The second kappa shape index (κ2) is 4.96. The first-order chi connectivity index (χ1) is 8.54. The Labute approximate surface area is 103 Å². The third-order valence-electron chi connectivity index (χ3n) is 2.18. The van der Waals surface area contributed by atoms with Gasteiger partial charge in [0, 0.05) is 6.07 Å². The van der Waals surface area contributed by atoms with Crippen molar-refractivity contribution in [2.45, 2.75) is 26.5 Å². The number of amides is 1. The number of hydrogen-bond donors (Lipinski definition) is 2. The van der Waals surface area contributed by atoms with Gasteiger partial charge in [-0.1, -0.05) is 10.4 Å². The highest BCUT2D eigenvalue weighted by atomic mass is 16.5. The summed E-state index contributed by atoms with van der Waals surface area (Å²) in [7, 11) is 0. The molecule has 2 aromatic heterocycles. The predicted molar refractivity (Wildman–Crippen MR) is 60.5 cm³/mol. The van der Waals surface area contributed by atoms with Gasteiger partial charge in [-0.25, -0.2) is 4.68 Å². The molecule has 0 fully saturated rings. The Morgan fingerprint density at radius 2 is 2.44 bits per heavy atom. The van der Waals surface area contributed by atoms with E-state index in [0.717, 1.165) is 0 Å². The number of hydrogen-bond acceptors (Lipinski definition) is 6. The Hall–Kier alpha value is -2.22. The van der Waals surface area contributed by atoms with Crippen molar-refractivity contribution >= 4 is 11.8 Å². The second-order valence-electron chi connectivity index (χ2n) is 3.90. The van der Waals surface area contributed by atoms with Crippen molar-refractivity contribution in [2.75, 3.05) is 5.32 Å². The average molecular weight is 251 g/mol. The fourth-order valence-corrected chi connectivity index (χ4v) is 1.33. The average Bonchev–Trinajstić information content (AvgIpc) is 2.88. The van der Waals surface area contributed by atoms with Gasteiger partial charge in [0.25, 0.3) is 0 Å². The zero-order valence-corrected chi connectivity index (χ0v) is 9.99. The van der Waals surface area contributed by atoms with E-state index in [0.29, 0.717) is 11.4 Å². The van der Waals surface area contributed by atoms with E-state index in [1.165, 1.54) is 10.9 Å². The minimum atomic E-state index is -0.710. The van der Waals surface area contributed by atoms with E-state index in [1.807, 2.05) is 0 Å². The Bertz CT molecular complexity index is 545. The Morgan fingerprint density at radius 3 is 3.00 bits per heavy atom. The maximum absolute atomic E-state index is 11.6. The van der Waals surface area contributed by atoms with Crippen LogP contribution in [0, 0.1) is 6.92 Å². The smallest absolute Gasteiger partial charge is 0.248 e. The summed E-state index contributed by atoms with van der Waals surface area (Å²) >= 11 is 0. The molecule has 1 atom stereocenters. The molecule has 0 aromatic carbocycles. The SMILES string of the molecule is Cc1cc(NC(=O)Cn2cc(C(C)O)nn2)on1. The maximum Gasteiger partial charge on any atom is 0.248 e. The van der Waals surface area contributed by atoms with E-state index >= 15 is 0 Å². The Balaban J connectivity index is 1.94. The first-order valence-electron chi connectivity index (χ1n) is 5.36. The third kappa shape index (κ3) is 2.92. The summed E-state index contributed by atoms with van der Waals surface area (Å²) in [5.41, 5.74) is 1.10. The van der Waals surface area contributed by atoms with Crippen LogP contribution in [0.1, 0.15) is 24.4 Å². The number of rotatable bonds is 4. The van der Waals surface area contributed by atoms with Crippen LogP contribution in [0.25, 0.3) is 0 Å². The first kappa shape index (κ1) is 12.2. The molecule has 0 saturated heterocycles. The molecule has 2 rings (SSSR count). The normalized spacial score (nSPS) is 12.4. The number of carbonyl (C=O) groups is 1. The summed E-state index contributed by atoms with van der Waals surface area (Å²) in [5, 5.41) is 22.9.